The maximum atomic E-state index is 13.2. The van der Waals surface area contributed by atoms with Crippen molar-refractivity contribution >= 4 is 12.0 Å². The molecule has 4 nitrogen and oxygen atoms in total. The van der Waals surface area contributed by atoms with Gasteiger partial charge >= 0.3 is 6.09 Å². The zero-order valence-corrected chi connectivity index (χ0v) is 12.7. The number of carbonyl (C=O) groups is 2. The fourth-order valence-corrected chi connectivity index (χ4v) is 2.78. The summed E-state index contributed by atoms with van der Waals surface area (Å²) in [6.07, 6.45) is -0.525. The van der Waals surface area contributed by atoms with Crippen LogP contribution in [0.3, 0.4) is 0 Å². The van der Waals surface area contributed by atoms with Gasteiger partial charge in [-0.3, -0.25) is 4.79 Å². The number of cyclic esters (lactones) is 1. The molecule has 24 heavy (non-hydrogen) atoms. The van der Waals surface area contributed by atoms with Crippen LogP contribution in [0.1, 0.15) is 11.1 Å². The Kier molecular flexibility index (Phi) is 4.55. The van der Waals surface area contributed by atoms with Crippen molar-refractivity contribution in [3.05, 3.63) is 71.3 Å². The molecule has 1 atom stereocenters. The fourth-order valence-electron chi connectivity index (χ4n) is 2.78. The van der Waals surface area contributed by atoms with Gasteiger partial charge in [-0.25, -0.2) is 18.5 Å². The van der Waals surface area contributed by atoms with Gasteiger partial charge in [-0.15, -0.1) is 0 Å². The van der Waals surface area contributed by atoms with Crippen molar-refractivity contribution in [1.29, 1.82) is 0 Å². The van der Waals surface area contributed by atoms with Crippen LogP contribution in [0.5, 0.6) is 0 Å². The van der Waals surface area contributed by atoms with Gasteiger partial charge < -0.3 is 4.74 Å². The third-order valence-corrected chi connectivity index (χ3v) is 3.82. The van der Waals surface area contributed by atoms with E-state index in [1.54, 1.807) is 0 Å². The Morgan fingerprint density at radius 1 is 1.08 bits per heavy atom. The third kappa shape index (κ3) is 3.59. The molecule has 0 aliphatic carbocycles. The molecule has 2 amide bonds. The number of nitrogens with zero attached hydrogens (tertiary/aromatic N) is 1. The molecule has 124 valence electrons. The quantitative estimate of drug-likeness (QED) is 0.865. The number of benzene rings is 2. The predicted molar refractivity (Wildman–Crippen MR) is 82.2 cm³/mol. The first-order valence-electron chi connectivity index (χ1n) is 7.50. The molecule has 2 aromatic carbocycles. The van der Waals surface area contributed by atoms with E-state index in [1.807, 2.05) is 30.3 Å². The smallest absolute Gasteiger partial charge is 0.416 e. The lowest BCUT2D eigenvalue weighted by atomic mass is 10.0. The lowest BCUT2D eigenvalue weighted by Gasteiger charge is -2.19. The standard InChI is InChI=1S/C18H15F2NO3/c19-14-6-13(7-15(20)10-14)9-17(22)21-16(11-24-18(21)23)8-12-4-2-1-3-5-12/h1-7,10,16H,8-9,11H2/t16-/m0/s1. The van der Waals surface area contributed by atoms with Crippen molar-refractivity contribution in [2.75, 3.05) is 6.61 Å². The summed E-state index contributed by atoms with van der Waals surface area (Å²) in [5.41, 5.74) is 1.14. The summed E-state index contributed by atoms with van der Waals surface area (Å²) in [5.74, 6) is -2.06. The van der Waals surface area contributed by atoms with Crippen molar-refractivity contribution in [2.45, 2.75) is 18.9 Å². The number of rotatable bonds is 4. The summed E-state index contributed by atoms with van der Waals surface area (Å²) >= 11 is 0. The van der Waals surface area contributed by atoms with Crippen LogP contribution in [0.25, 0.3) is 0 Å². The minimum atomic E-state index is -0.761. The van der Waals surface area contributed by atoms with Crippen LogP contribution in [0.15, 0.2) is 48.5 Å². The van der Waals surface area contributed by atoms with E-state index >= 15 is 0 Å². The van der Waals surface area contributed by atoms with Gasteiger partial charge in [0.2, 0.25) is 5.91 Å². The van der Waals surface area contributed by atoms with Gasteiger partial charge in [-0.1, -0.05) is 30.3 Å². The summed E-state index contributed by atoms with van der Waals surface area (Å²) < 4.78 is 31.5. The highest BCUT2D eigenvalue weighted by Crippen LogP contribution is 2.19. The number of halogens is 2. The fraction of sp³-hybridized carbons (Fsp3) is 0.222. The molecular weight excluding hydrogens is 316 g/mol. The van der Waals surface area contributed by atoms with Crippen LogP contribution in [0.4, 0.5) is 13.6 Å². The lowest BCUT2D eigenvalue weighted by Crippen LogP contribution is -2.41. The number of ether oxygens (including phenoxy) is 1. The van der Waals surface area contributed by atoms with Crippen LogP contribution in [-0.4, -0.2) is 29.5 Å². The normalized spacial score (nSPS) is 17.0. The van der Waals surface area contributed by atoms with E-state index in [4.69, 9.17) is 4.74 Å². The topological polar surface area (TPSA) is 46.6 Å². The maximum Gasteiger partial charge on any atom is 0.416 e. The molecule has 0 spiro atoms. The molecule has 0 saturated carbocycles. The van der Waals surface area contributed by atoms with E-state index in [-0.39, 0.29) is 18.6 Å². The molecule has 3 rings (SSSR count). The van der Waals surface area contributed by atoms with Gasteiger partial charge in [-0.2, -0.15) is 0 Å². The largest absolute Gasteiger partial charge is 0.447 e. The molecule has 1 aliphatic heterocycles. The van der Waals surface area contributed by atoms with Crippen molar-refractivity contribution in [3.8, 4) is 0 Å². The summed E-state index contributed by atoms with van der Waals surface area (Å²) in [7, 11) is 0. The lowest BCUT2D eigenvalue weighted by molar-refractivity contribution is -0.128. The van der Waals surface area contributed by atoms with Gasteiger partial charge in [0, 0.05) is 6.07 Å². The first-order valence-corrected chi connectivity index (χ1v) is 7.50. The second-order valence-electron chi connectivity index (χ2n) is 5.64. The molecule has 0 N–H and O–H groups in total. The van der Waals surface area contributed by atoms with E-state index < -0.39 is 29.7 Å². The summed E-state index contributed by atoms with van der Waals surface area (Å²) in [5, 5.41) is 0. The second kappa shape index (κ2) is 6.78. The Balaban J connectivity index is 1.74. The Hall–Kier alpha value is -2.76. The zero-order chi connectivity index (χ0) is 17.1. The SMILES string of the molecule is O=C(Cc1cc(F)cc(F)c1)N1C(=O)OC[C@@H]1Cc1ccccc1. The Labute approximate surface area is 137 Å². The monoisotopic (exact) mass is 331 g/mol. The second-order valence-corrected chi connectivity index (χ2v) is 5.64. The minimum absolute atomic E-state index is 0.108. The molecule has 0 unspecified atom stereocenters. The van der Waals surface area contributed by atoms with E-state index in [0.717, 1.165) is 28.7 Å². The van der Waals surface area contributed by atoms with Crippen LogP contribution in [0.2, 0.25) is 0 Å². The van der Waals surface area contributed by atoms with E-state index in [9.17, 15) is 18.4 Å². The van der Waals surface area contributed by atoms with Crippen LogP contribution in [0, 0.1) is 11.6 Å². The van der Waals surface area contributed by atoms with Gasteiger partial charge in [0.05, 0.1) is 12.5 Å². The van der Waals surface area contributed by atoms with Gasteiger partial charge in [0.25, 0.3) is 0 Å². The molecule has 2 aromatic rings. The average Bonchev–Trinajstić information content (AvgIpc) is 2.88. The molecular formula is C18H15F2NO3. The predicted octanol–water partition coefficient (Wildman–Crippen LogP) is 3.10. The summed E-state index contributed by atoms with van der Waals surface area (Å²) in [4.78, 5) is 25.3. The zero-order valence-electron chi connectivity index (χ0n) is 12.7. The van der Waals surface area contributed by atoms with E-state index in [1.165, 1.54) is 0 Å². The van der Waals surface area contributed by atoms with Crippen molar-refractivity contribution in [3.63, 3.8) is 0 Å². The first kappa shape index (κ1) is 16.1. The van der Waals surface area contributed by atoms with E-state index in [0.29, 0.717) is 6.42 Å². The molecule has 0 bridgehead atoms. The maximum absolute atomic E-state index is 13.2. The minimum Gasteiger partial charge on any atom is -0.447 e. The summed E-state index contributed by atoms with van der Waals surface area (Å²) in [6.45, 7) is 0.108. The van der Waals surface area contributed by atoms with Crippen molar-refractivity contribution in [1.82, 2.24) is 4.90 Å². The summed E-state index contributed by atoms with van der Waals surface area (Å²) in [6, 6.07) is 11.9. The number of hydrogen-bond acceptors (Lipinski definition) is 3. The Morgan fingerprint density at radius 3 is 2.42 bits per heavy atom. The Bertz CT molecular complexity index is 744. The van der Waals surface area contributed by atoms with Crippen molar-refractivity contribution < 1.29 is 23.1 Å². The van der Waals surface area contributed by atoms with Crippen LogP contribution >= 0.6 is 0 Å². The average molecular weight is 331 g/mol. The van der Waals surface area contributed by atoms with Crippen molar-refractivity contribution in [2.24, 2.45) is 0 Å². The number of carbonyl (C=O) groups excluding carboxylic acids is 2. The Morgan fingerprint density at radius 2 is 1.75 bits per heavy atom. The third-order valence-electron chi connectivity index (χ3n) is 3.82. The van der Waals surface area contributed by atoms with Gasteiger partial charge in [0.15, 0.2) is 0 Å². The molecule has 0 radical (unpaired) electrons. The molecule has 0 aromatic heterocycles. The van der Waals surface area contributed by atoms with Crippen LogP contribution < -0.4 is 0 Å². The molecule has 1 aliphatic rings. The van der Waals surface area contributed by atoms with Gasteiger partial charge in [0.1, 0.15) is 18.2 Å². The highest BCUT2D eigenvalue weighted by molar-refractivity contribution is 5.94. The number of amides is 2. The molecule has 1 saturated heterocycles. The number of imide groups is 1. The first-order chi connectivity index (χ1) is 11.5. The molecule has 6 heteroatoms. The highest BCUT2D eigenvalue weighted by atomic mass is 19.1. The van der Waals surface area contributed by atoms with E-state index in [2.05, 4.69) is 0 Å². The van der Waals surface area contributed by atoms with Crippen LogP contribution in [-0.2, 0) is 22.4 Å². The molecule has 1 fully saturated rings. The van der Waals surface area contributed by atoms with Gasteiger partial charge in [-0.05, 0) is 29.7 Å². The number of hydrogen-bond donors (Lipinski definition) is 0. The molecule has 1 heterocycles. The highest BCUT2D eigenvalue weighted by Gasteiger charge is 2.37.